The zero-order chi connectivity index (χ0) is 14.7. The van der Waals surface area contributed by atoms with Gasteiger partial charge in [-0.2, -0.15) is 0 Å². The molecule has 20 heavy (non-hydrogen) atoms. The summed E-state index contributed by atoms with van der Waals surface area (Å²) in [6, 6.07) is 13.6. The Morgan fingerprint density at radius 1 is 0.900 bits per heavy atom. The number of benzene rings is 2. The second-order valence-electron chi connectivity index (χ2n) is 5.66. The van der Waals surface area contributed by atoms with Crippen molar-refractivity contribution in [1.29, 1.82) is 0 Å². The lowest BCUT2D eigenvalue weighted by molar-refractivity contribution is 0.621. The molecule has 2 rings (SSSR count). The van der Waals surface area contributed by atoms with Crippen LogP contribution in [0, 0.1) is 27.7 Å². The van der Waals surface area contributed by atoms with Crippen LogP contribution >= 0.6 is 0 Å². The molecule has 1 unspecified atom stereocenters. The lowest BCUT2D eigenvalue weighted by Gasteiger charge is -2.24. The van der Waals surface area contributed by atoms with Crippen molar-refractivity contribution >= 4 is 0 Å². The van der Waals surface area contributed by atoms with Crippen LogP contribution in [-0.2, 0) is 0 Å². The Morgan fingerprint density at radius 2 is 1.55 bits per heavy atom. The summed E-state index contributed by atoms with van der Waals surface area (Å²) >= 11 is 0. The summed E-state index contributed by atoms with van der Waals surface area (Å²) in [6.07, 6.45) is 0. The van der Waals surface area contributed by atoms with E-state index in [1.165, 1.54) is 33.4 Å². The van der Waals surface area contributed by atoms with Crippen molar-refractivity contribution in [2.24, 2.45) is 0 Å². The van der Waals surface area contributed by atoms with E-state index in [4.69, 9.17) is 0 Å². The van der Waals surface area contributed by atoms with Crippen molar-refractivity contribution in [1.82, 2.24) is 5.32 Å². The van der Waals surface area contributed by atoms with Gasteiger partial charge < -0.3 is 5.32 Å². The van der Waals surface area contributed by atoms with E-state index in [2.05, 4.69) is 76.3 Å². The highest BCUT2D eigenvalue weighted by molar-refractivity contribution is 5.45. The molecule has 106 valence electrons. The number of rotatable bonds is 4. The van der Waals surface area contributed by atoms with Crippen LogP contribution in [-0.4, -0.2) is 6.54 Å². The molecule has 2 aromatic rings. The van der Waals surface area contributed by atoms with Crippen LogP contribution in [0.4, 0.5) is 0 Å². The van der Waals surface area contributed by atoms with Gasteiger partial charge in [0.2, 0.25) is 0 Å². The second kappa shape index (κ2) is 6.23. The Morgan fingerprint density at radius 3 is 2.10 bits per heavy atom. The van der Waals surface area contributed by atoms with Crippen molar-refractivity contribution < 1.29 is 0 Å². The van der Waals surface area contributed by atoms with Crippen LogP contribution in [0.25, 0.3) is 0 Å². The second-order valence-corrected chi connectivity index (χ2v) is 5.66. The maximum Gasteiger partial charge on any atom is 0.0584 e. The van der Waals surface area contributed by atoms with Gasteiger partial charge in [-0.25, -0.2) is 0 Å². The largest absolute Gasteiger partial charge is 0.307 e. The topological polar surface area (TPSA) is 12.0 Å². The molecule has 0 saturated heterocycles. The van der Waals surface area contributed by atoms with Gasteiger partial charge in [-0.1, -0.05) is 48.9 Å². The zero-order valence-electron chi connectivity index (χ0n) is 13.2. The van der Waals surface area contributed by atoms with Gasteiger partial charge in [-0.3, -0.25) is 0 Å². The molecule has 0 aliphatic heterocycles. The van der Waals surface area contributed by atoms with Gasteiger partial charge in [0.15, 0.2) is 0 Å². The van der Waals surface area contributed by atoms with Crippen LogP contribution in [0.15, 0.2) is 36.4 Å². The van der Waals surface area contributed by atoms with E-state index in [9.17, 15) is 0 Å². The van der Waals surface area contributed by atoms with Crippen molar-refractivity contribution in [2.75, 3.05) is 6.54 Å². The molecule has 0 radical (unpaired) electrons. The van der Waals surface area contributed by atoms with E-state index in [1.807, 2.05) is 0 Å². The standard InChI is InChI=1S/C19H25N/c1-6-20-19(17-11-10-13(2)12-16(17)5)18-14(3)8-7-9-15(18)4/h7-12,19-20H,6H2,1-5H3. The first-order valence-corrected chi connectivity index (χ1v) is 7.41. The molecule has 0 aliphatic rings. The van der Waals surface area contributed by atoms with E-state index < -0.39 is 0 Å². The van der Waals surface area contributed by atoms with Crippen LogP contribution in [0.1, 0.15) is 46.3 Å². The van der Waals surface area contributed by atoms with E-state index >= 15 is 0 Å². The first kappa shape index (κ1) is 14.8. The highest BCUT2D eigenvalue weighted by Gasteiger charge is 2.18. The Kier molecular flexibility index (Phi) is 4.61. The third kappa shape index (κ3) is 2.94. The summed E-state index contributed by atoms with van der Waals surface area (Å²) in [7, 11) is 0. The van der Waals surface area contributed by atoms with Crippen molar-refractivity contribution in [3.05, 3.63) is 69.8 Å². The number of hydrogen-bond acceptors (Lipinski definition) is 1. The van der Waals surface area contributed by atoms with E-state index in [-0.39, 0.29) is 6.04 Å². The molecule has 0 aliphatic carbocycles. The lowest BCUT2D eigenvalue weighted by atomic mass is 9.88. The maximum absolute atomic E-state index is 3.66. The molecule has 0 spiro atoms. The Balaban J connectivity index is 2.56. The van der Waals surface area contributed by atoms with Gasteiger partial charge in [0.05, 0.1) is 6.04 Å². The molecule has 0 amide bonds. The molecule has 2 aromatic carbocycles. The normalized spacial score (nSPS) is 12.4. The molecule has 0 aromatic heterocycles. The van der Waals surface area contributed by atoms with Crippen LogP contribution in [0.3, 0.4) is 0 Å². The fourth-order valence-electron chi connectivity index (χ4n) is 3.00. The molecule has 0 fully saturated rings. The van der Waals surface area contributed by atoms with Crippen molar-refractivity contribution in [2.45, 2.75) is 40.7 Å². The van der Waals surface area contributed by atoms with E-state index in [0.717, 1.165) is 6.54 Å². The molecule has 1 nitrogen and oxygen atoms in total. The summed E-state index contributed by atoms with van der Waals surface area (Å²) in [5.41, 5.74) is 8.20. The molecular weight excluding hydrogens is 242 g/mol. The zero-order valence-corrected chi connectivity index (χ0v) is 13.2. The molecular formula is C19H25N. The quantitative estimate of drug-likeness (QED) is 0.852. The molecule has 1 atom stereocenters. The summed E-state index contributed by atoms with van der Waals surface area (Å²) in [4.78, 5) is 0. The number of nitrogens with one attached hydrogen (secondary N) is 1. The first-order chi connectivity index (χ1) is 9.54. The van der Waals surface area contributed by atoms with E-state index in [1.54, 1.807) is 0 Å². The minimum absolute atomic E-state index is 0.279. The Labute approximate surface area is 123 Å². The summed E-state index contributed by atoms with van der Waals surface area (Å²) in [5, 5.41) is 3.66. The fourth-order valence-corrected chi connectivity index (χ4v) is 3.00. The van der Waals surface area contributed by atoms with Gasteiger partial charge in [0.25, 0.3) is 0 Å². The molecule has 0 saturated carbocycles. The van der Waals surface area contributed by atoms with Crippen molar-refractivity contribution in [3.63, 3.8) is 0 Å². The first-order valence-electron chi connectivity index (χ1n) is 7.41. The summed E-state index contributed by atoms with van der Waals surface area (Å²) in [5.74, 6) is 0. The van der Waals surface area contributed by atoms with Crippen LogP contribution < -0.4 is 5.32 Å². The van der Waals surface area contributed by atoms with Gasteiger partial charge in [-0.15, -0.1) is 0 Å². The van der Waals surface area contributed by atoms with Crippen LogP contribution in [0.2, 0.25) is 0 Å². The van der Waals surface area contributed by atoms with Gasteiger partial charge in [0, 0.05) is 0 Å². The molecule has 1 heteroatoms. The predicted molar refractivity (Wildman–Crippen MR) is 87.4 cm³/mol. The highest BCUT2D eigenvalue weighted by Crippen LogP contribution is 2.30. The molecule has 0 bridgehead atoms. The number of aryl methyl sites for hydroxylation is 4. The SMILES string of the molecule is CCNC(c1ccc(C)cc1C)c1c(C)cccc1C. The Bertz CT molecular complexity index is 578. The number of hydrogen-bond donors (Lipinski definition) is 1. The minimum atomic E-state index is 0.279. The average molecular weight is 267 g/mol. The average Bonchev–Trinajstić information content (AvgIpc) is 2.38. The summed E-state index contributed by atoms with van der Waals surface area (Å²) < 4.78 is 0. The van der Waals surface area contributed by atoms with Gasteiger partial charge in [0.1, 0.15) is 0 Å². The lowest BCUT2D eigenvalue weighted by Crippen LogP contribution is -2.24. The van der Waals surface area contributed by atoms with E-state index in [0.29, 0.717) is 0 Å². The smallest absolute Gasteiger partial charge is 0.0584 e. The van der Waals surface area contributed by atoms with Crippen LogP contribution in [0.5, 0.6) is 0 Å². The minimum Gasteiger partial charge on any atom is -0.307 e. The maximum atomic E-state index is 3.66. The molecule has 1 N–H and O–H groups in total. The molecule has 0 heterocycles. The Hall–Kier alpha value is -1.60. The van der Waals surface area contributed by atoms with Crippen molar-refractivity contribution in [3.8, 4) is 0 Å². The summed E-state index contributed by atoms with van der Waals surface area (Å²) in [6.45, 7) is 11.9. The van der Waals surface area contributed by atoms with Gasteiger partial charge >= 0.3 is 0 Å². The predicted octanol–water partition coefficient (Wildman–Crippen LogP) is 4.62. The third-order valence-corrected chi connectivity index (χ3v) is 3.98. The third-order valence-electron chi connectivity index (χ3n) is 3.98. The van der Waals surface area contributed by atoms with Gasteiger partial charge in [-0.05, 0) is 62.1 Å². The monoisotopic (exact) mass is 267 g/mol. The highest BCUT2D eigenvalue weighted by atomic mass is 14.9. The fraction of sp³-hybridized carbons (Fsp3) is 0.368.